The first-order valence-electron chi connectivity index (χ1n) is 10.5. The van der Waals surface area contributed by atoms with Crippen LogP contribution in [0.1, 0.15) is 51.2 Å². The first-order valence-corrected chi connectivity index (χ1v) is 10.5. The van der Waals surface area contributed by atoms with Gasteiger partial charge in [0.2, 0.25) is 0 Å². The van der Waals surface area contributed by atoms with Crippen molar-refractivity contribution >= 4 is 12.0 Å². The average molecular weight is 377 g/mol. The minimum atomic E-state index is -0.169. The summed E-state index contributed by atoms with van der Waals surface area (Å²) >= 11 is 0. The highest BCUT2D eigenvalue weighted by molar-refractivity contribution is 5.94. The van der Waals surface area contributed by atoms with Gasteiger partial charge in [-0.05, 0) is 47.8 Å². The Bertz CT molecular complexity index is 777. The van der Waals surface area contributed by atoms with Gasteiger partial charge < -0.3 is 4.74 Å². The van der Waals surface area contributed by atoms with E-state index in [0.717, 1.165) is 29.5 Å². The summed E-state index contributed by atoms with van der Waals surface area (Å²) in [6.07, 6.45) is 5.93. The predicted octanol–water partition coefficient (Wildman–Crippen LogP) is 6.32. The fourth-order valence-electron chi connectivity index (χ4n) is 4.21. The second-order valence-electron chi connectivity index (χ2n) is 8.51. The predicted molar refractivity (Wildman–Crippen MR) is 116 cm³/mol. The zero-order valence-corrected chi connectivity index (χ0v) is 17.3. The van der Waals surface area contributed by atoms with Gasteiger partial charge in [-0.2, -0.15) is 0 Å². The van der Waals surface area contributed by atoms with E-state index in [4.69, 9.17) is 4.74 Å². The molecule has 0 aromatic heterocycles. The van der Waals surface area contributed by atoms with Gasteiger partial charge in [-0.25, -0.2) is 4.79 Å². The van der Waals surface area contributed by atoms with Crippen LogP contribution in [0.5, 0.6) is 0 Å². The maximum absolute atomic E-state index is 13.2. The molecule has 1 saturated carbocycles. The van der Waals surface area contributed by atoms with E-state index in [0.29, 0.717) is 24.2 Å². The molecule has 2 aromatic carbocycles. The Hall–Kier alpha value is -2.35. The Balaban J connectivity index is 1.82. The minimum Gasteiger partial charge on any atom is -0.459 e. The molecule has 2 heteroatoms. The van der Waals surface area contributed by atoms with Crippen LogP contribution in [0.3, 0.4) is 0 Å². The number of carbonyl (C=O) groups excluding carboxylic acids is 1. The molecule has 0 saturated heterocycles. The van der Waals surface area contributed by atoms with Crippen LogP contribution in [0.4, 0.5) is 0 Å². The molecule has 0 spiro atoms. The zero-order chi connectivity index (χ0) is 19.9. The molecule has 1 fully saturated rings. The number of benzene rings is 2. The third-order valence-electron chi connectivity index (χ3n) is 5.86. The Morgan fingerprint density at radius 1 is 1.04 bits per heavy atom. The van der Waals surface area contributed by atoms with E-state index in [1.807, 2.05) is 54.6 Å². The number of carbonyl (C=O) groups is 1. The van der Waals surface area contributed by atoms with Gasteiger partial charge in [-0.3, -0.25) is 0 Å². The average Bonchev–Trinajstić information content (AvgIpc) is 2.69. The molecule has 3 rings (SSSR count). The molecular weight excluding hydrogens is 344 g/mol. The molecular formula is C26H32O2. The lowest BCUT2D eigenvalue weighted by molar-refractivity contribution is -0.151. The first kappa shape index (κ1) is 20.4. The van der Waals surface area contributed by atoms with E-state index in [-0.39, 0.29) is 12.1 Å². The highest BCUT2D eigenvalue weighted by Gasteiger charge is 2.33. The third-order valence-corrected chi connectivity index (χ3v) is 5.86. The van der Waals surface area contributed by atoms with Crippen molar-refractivity contribution in [3.05, 3.63) is 77.4 Å². The molecule has 2 nitrogen and oxygen atoms in total. The second-order valence-corrected chi connectivity index (χ2v) is 8.51. The fourth-order valence-corrected chi connectivity index (χ4v) is 4.21. The standard InChI is InChI=1S/C26H32O2/c1-19(2)24-15-14-20(3)16-25(24)28-26(27)23(17-21-10-6-4-7-11-21)18-22-12-8-5-9-13-22/h4-13,17,19-20,24-25H,14-16,18H2,1-3H3/b23-17+. The molecule has 0 heterocycles. The summed E-state index contributed by atoms with van der Waals surface area (Å²) in [6, 6.07) is 20.2. The lowest BCUT2D eigenvalue weighted by Gasteiger charge is -2.36. The molecule has 28 heavy (non-hydrogen) atoms. The summed E-state index contributed by atoms with van der Waals surface area (Å²) in [5.74, 6) is 1.43. The number of rotatable bonds is 6. The van der Waals surface area contributed by atoms with E-state index in [1.165, 1.54) is 6.42 Å². The fraction of sp³-hybridized carbons (Fsp3) is 0.423. The number of ether oxygens (including phenoxy) is 1. The van der Waals surface area contributed by atoms with Gasteiger partial charge in [0.05, 0.1) is 0 Å². The molecule has 0 N–H and O–H groups in total. The van der Waals surface area contributed by atoms with Crippen molar-refractivity contribution in [1.29, 1.82) is 0 Å². The molecule has 0 radical (unpaired) electrons. The molecule has 3 unspecified atom stereocenters. The van der Waals surface area contributed by atoms with E-state index in [1.54, 1.807) is 0 Å². The van der Waals surface area contributed by atoms with E-state index >= 15 is 0 Å². The van der Waals surface area contributed by atoms with E-state index < -0.39 is 0 Å². The lowest BCUT2D eigenvalue weighted by Crippen LogP contribution is -2.36. The van der Waals surface area contributed by atoms with Crippen LogP contribution in [0.15, 0.2) is 66.2 Å². The van der Waals surface area contributed by atoms with Crippen molar-refractivity contribution in [2.45, 2.75) is 52.6 Å². The maximum Gasteiger partial charge on any atom is 0.334 e. The Kier molecular flexibility index (Phi) is 7.08. The Morgan fingerprint density at radius 2 is 1.68 bits per heavy atom. The van der Waals surface area contributed by atoms with Crippen molar-refractivity contribution < 1.29 is 9.53 Å². The highest BCUT2D eigenvalue weighted by atomic mass is 16.5. The largest absolute Gasteiger partial charge is 0.459 e. The van der Waals surface area contributed by atoms with Gasteiger partial charge in [0.25, 0.3) is 0 Å². The molecule has 1 aliphatic rings. The van der Waals surface area contributed by atoms with Gasteiger partial charge in [-0.1, -0.05) is 87.9 Å². The Morgan fingerprint density at radius 3 is 2.32 bits per heavy atom. The molecule has 0 amide bonds. The highest BCUT2D eigenvalue weighted by Crippen LogP contribution is 2.35. The van der Waals surface area contributed by atoms with Gasteiger partial charge in [-0.15, -0.1) is 0 Å². The SMILES string of the molecule is CC1CCC(C(C)C)C(OC(=O)/C(=C/c2ccccc2)Cc2ccccc2)C1. The zero-order valence-electron chi connectivity index (χ0n) is 17.3. The molecule has 0 bridgehead atoms. The summed E-state index contributed by atoms with van der Waals surface area (Å²) in [7, 11) is 0. The third kappa shape index (κ3) is 5.58. The van der Waals surface area contributed by atoms with E-state index in [2.05, 4.69) is 32.9 Å². The summed E-state index contributed by atoms with van der Waals surface area (Å²) in [5.41, 5.74) is 2.87. The number of esters is 1. The van der Waals surface area contributed by atoms with Crippen LogP contribution >= 0.6 is 0 Å². The molecule has 148 valence electrons. The summed E-state index contributed by atoms with van der Waals surface area (Å²) < 4.78 is 6.14. The number of hydrogen-bond donors (Lipinski definition) is 0. The maximum atomic E-state index is 13.2. The van der Waals surface area contributed by atoms with Crippen molar-refractivity contribution in [2.24, 2.45) is 17.8 Å². The summed E-state index contributed by atoms with van der Waals surface area (Å²) in [5, 5.41) is 0. The molecule has 1 aliphatic carbocycles. The van der Waals surface area contributed by atoms with Gasteiger partial charge in [0.1, 0.15) is 6.10 Å². The van der Waals surface area contributed by atoms with Crippen LogP contribution in [0.25, 0.3) is 6.08 Å². The van der Waals surface area contributed by atoms with E-state index in [9.17, 15) is 4.79 Å². The van der Waals surface area contributed by atoms with Crippen LogP contribution in [0, 0.1) is 17.8 Å². The number of hydrogen-bond acceptors (Lipinski definition) is 2. The lowest BCUT2D eigenvalue weighted by atomic mass is 9.75. The Labute approximate surface area is 169 Å². The van der Waals surface area contributed by atoms with Crippen LogP contribution < -0.4 is 0 Å². The van der Waals surface area contributed by atoms with Crippen LogP contribution in [0.2, 0.25) is 0 Å². The van der Waals surface area contributed by atoms with Gasteiger partial charge >= 0.3 is 5.97 Å². The topological polar surface area (TPSA) is 26.3 Å². The van der Waals surface area contributed by atoms with Crippen molar-refractivity contribution in [2.75, 3.05) is 0 Å². The van der Waals surface area contributed by atoms with Crippen LogP contribution in [-0.2, 0) is 16.0 Å². The summed E-state index contributed by atoms with van der Waals surface area (Å²) in [4.78, 5) is 13.2. The second kappa shape index (κ2) is 9.73. The normalized spacial score (nSPS) is 22.9. The molecule has 3 atom stereocenters. The van der Waals surface area contributed by atoms with Crippen LogP contribution in [-0.4, -0.2) is 12.1 Å². The quantitative estimate of drug-likeness (QED) is 0.436. The molecule has 0 aliphatic heterocycles. The van der Waals surface area contributed by atoms with Gasteiger partial charge in [0.15, 0.2) is 0 Å². The smallest absolute Gasteiger partial charge is 0.334 e. The van der Waals surface area contributed by atoms with Crippen molar-refractivity contribution in [1.82, 2.24) is 0 Å². The van der Waals surface area contributed by atoms with Crippen molar-refractivity contribution in [3.63, 3.8) is 0 Å². The minimum absolute atomic E-state index is 0.0196. The van der Waals surface area contributed by atoms with Crippen molar-refractivity contribution in [3.8, 4) is 0 Å². The monoisotopic (exact) mass is 376 g/mol. The summed E-state index contributed by atoms with van der Waals surface area (Å²) in [6.45, 7) is 6.75. The first-order chi connectivity index (χ1) is 13.5. The van der Waals surface area contributed by atoms with Gasteiger partial charge in [0, 0.05) is 12.0 Å². The molecule has 2 aromatic rings.